The van der Waals surface area contributed by atoms with Gasteiger partial charge in [-0.05, 0) is 29.8 Å². The number of amides is 2. The van der Waals surface area contributed by atoms with Crippen molar-refractivity contribution in [2.75, 3.05) is 11.9 Å². The van der Waals surface area contributed by atoms with Crippen LogP contribution < -0.4 is 10.6 Å². The Balaban J connectivity index is 1.87. The number of anilines is 1. The predicted molar refractivity (Wildman–Crippen MR) is 75.9 cm³/mol. The van der Waals surface area contributed by atoms with Crippen LogP contribution in [0.25, 0.3) is 0 Å². The van der Waals surface area contributed by atoms with Crippen molar-refractivity contribution in [2.45, 2.75) is 12.6 Å². The number of hydrogen-bond donors (Lipinski definition) is 2. The maximum Gasteiger partial charge on any atom is 0.405 e. The van der Waals surface area contributed by atoms with Crippen LogP contribution in [0.15, 0.2) is 47.1 Å². The molecule has 2 aromatic rings. The summed E-state index contributed by atoms with van der Waals surface area (Å²) in [6, 6.07) is 9.28. The average molecular weight is 326 g/mol. The molecule has 1 heterocycles. The lowest BCUT2D eigenvalue weighted by Crippen LogP contribution is -2.34. The van der Waals surface area contributed by atoms with Gasteiger partial charge in [-0.1, -0.05) is 12.1 Å². The normalized spacial score (nSPS) is 11.1. The number of rotatable bonds is 5. The van der Waals surface area contributed by atoms with Gasteiger partial charge in [-0.2, -0.15) is 13.2 Å². The maximum atomic E-state index is 12.0. The Kier molecular flexibility index (Phi) is 5.05. The molecule has 0 aliphatic heterocycles. The third-order valence-electron chi connectivity index (χ3n) is 2.81. The summed E-state index contributed by atoms with van der Waals surface area (Å²) in [6.45, 7) is -1.36. The van der Waals surface area contributed by atoms with Crippen molar-refractivity contribution in [3.63, 3.8) is 0 Å². The summed E-state index contributed by atoms with van der Waals surface area (Å²) >= 11 is 0. The van der Waals surface area contributed by atoms with Gasteiger partial charge in [0.1, 0.15) is 6.54 Å². The Morgan fingerprint density at radius 2 is 1.78 bits per heavy atom. The van der Waals surface area contributed by atoms with E-state index >= 15 is 0 Å². The molecular weight excluding hydrogens is 313 g/mol. The van der Waals surface area contributed by atoms with E-state index in [9.17, 15) is 22.8 Å². The average Bonchev–Trinajstić information content (AvgIpc) is 3.01. The molecule has 1 aromatic carbocycles. The molecule has 0 saturated heterocycles. The second-order valence-electron chi connectivity index (χ2n) is 4.70. The number of nitrogens with one attached hydrogen (secondary N) is 2. The first-order valence-corrected chi connectivity index (χ1v) is 6.61. The Hall–Kier alpha value is -2.77. The minimum absolute atomic E-state index is 0.153. The molecule has 0 atom stereocenters. The third kappa shape index (κ3) is 5.50. The summed E-state index contributed by atoms with van der Waals surface area (Å²) in [4.78, 5) is 23.1. The van der Waals surface area contributed by atoms with Crippen LogP contribution in [0, 0.1) is 0 Å². The zero-order valence-corrected chi connectivity index (χ0v) is 11.8. The molecule has 2 N–H and O–H groups in total. The van der Waals surface area contributed by atoms with E-state index in [1.165, 1.54) is 12.3 Å². The number of hydrogen-bond acceptors (Lipinski definition) is 3. The number of furan rings is 1. The van der Waals surface area contributed by atoms with Gasteiger partial charge in [-0.15, -0.1) is 0 Å². The van der Waals surface area contributed by atoms with E-state index in [0.717, 1.165) is 0 Å². The van der Waals surface area contributed by atoms with Crippen molar-refractivity contribution in [3.8, 4) is 0 Å². The second kappa shape index (κ2) is 6.99. The first-order valence-electron chi connectivity index (χ1n) is 6.61. The van der Waals surface area contributed by atoms with Gasteiger partial charge >= 0.3 is 6.18 Å². The summed E-state index contributed by atoms with van der Waals surface area (Å²) in [6.07, 6.45) is -3.24. The molecule has 0 unspecified atom stereocenters. The van der Waals surface area contributed by atoms with Gasteiger partial charge in [0.25, 0.3) is 5.91 Å². The highest BCUT2D eigenvalue weighted by Crippen LogP contribution is 2.14. The number of carbonyl (C=O) groups is 2. The minimum Gasteiger partial charge on any atom is -0.459 e. The summed E-state index contributed by atoms with van der Waals surface area (Å²) in [7, 11) is 0. The predicted octanol–water partition coefficient (Wildman–Crippen LogP) is 2.75. The molecule has 1 aromatic heterocycles. The fourth-order valence-electron chi connectivity index (χ4n) is 1.75. The largest absolute Gasteiger partial charge is 0.459 e. The molecule has 0 bridgehead atoms. The highest BCUT2D eigenvalue weighted by Gasteiger charge is 2.27. The number of benzene rings is 1. The van der Waals surface area contributed by atoms with E-state index < -0.39 is 24.5 Å². The molecule has 2 amide bonds. The smallest absolute Gasteiger partial charge is 0.405 e. The molecule has 0 fully saturated rings. The Morgan fingerprint density at radius 1 is 1.09 bits per heavy atom. The minimum atomic E-state index is -4.43. The van der Waals surface area contributed by atoms with Gasteiger partial charge in [0.05, 0.1) is 12.7 Å². The lowest BCUT2D eigenvalue weighted by Gasteiger charge is -2.09. The van der Waals surface area contributed by atoms with E-state index in [0.29, 0.717) is 11.3 Å². The van der Waals surface area contributed by atoms with Crippen LogP contribution >= 0.6 is 0 Å². The Bertz CT molecular complexity index is 664. The topological polar surface area (TPSA) is 71.3 Å². The molecular formula is C15H13F3N2O3. The molecule has 0 aliphatic carbocycles. The molecule has 0 saturated carbocycles. The highest BCUT2D eigenvalue weighted by molar-refractivity contribution is 6.02. The fourth-order valence-corrected chi connectivity index (χ4v) is 1.75. The van der Waals surface area contributed by atoms with Gasteiger partial charge in [-0.3, -0.25) is 9.59 Å². The van der Waals surface area contributed by atoms with Gasteiger partial charge in [0.15, 0.2) is 5.76 Å². The second-order valence-corrected chi connectivity index (χ2v) is 4.70. The summed E-state index contributed by atoms with van der Waals surface area (Å²) in [5.41, 5.74) is 1.01. The van der Waals surface area contributed by atoms with Crippen LogP contribution in [0.1, 0.15) is 16.1 Å². The third-order valence-corrected chi connectivity index (χ3v) is 2.81. The number of halogens is 3. The standard InChI is InChI=1S/C15H13F3N2O3/c16-15(17,18)9-19-13(21)8-10-3-5-11(6-4-10)20-14(22)12-2-1-7-23-12/h1-7H,8-9H2,(H,19,21)(H,20,22). The zero-order chi connectivity index (χ0) is 16.9. The number of alkyl halides is 3. The maximum absolute atomic E-state index is 12.0. The van der Waals surface area contributed by atoms with E-state index in [2.05, 4.69) is 5.32 Å². The molecule has 5 nitrogen and oxygen atoms in total. The Labute approximate surface area is 129 Å². The van der Waals surface area contributed by atoms with Crippen LogP contribution in [0.4, 0.5) is 18.9 Å². The first-order chi connectivity index (χ1) is 10.8. The molecule has 8 heteroatoms. The molecule has 0 aliphatic rings. The molecule has 2 rings (SSSR count). The molecule has 0 spiro atoms. The fraction of sp³-hybridized carbons (Fsp3) is 0.200. The highest BCUT2D eigenvalue weighted by atomic mass is 19.4. The quantitative estimate of drug-likeness (QED) is 0.887. The number of carbonyl (C=O) groups excluding carboxylic acids is 2. The summed E-state index contributed by atoms with van der Waals surface area (Å²) in [5.74, 6) is -0.999. The van der Waals surface area contributed by atoms with Crippen LogP contribution in [-0.4, -0.2) is 24.5 Å². The lowest BCUT2D eigenvalue weighted by atomic mass is 10.1. The summed E-state index contributed by atoms with van der Waals surface area (Å²) in [5, 5.41) is 4.38. The van der Waals surface area contributed by atoms with E-state index in [1.807, 2.05) is 0 Å². The molecule has 122 valence electrons. The van der Waals surface area contributed by atoms with Gasteiger partial charge in [0.2, 0.25) is 5.91 Å². The van der Waals surface area contributed by atoms with Gasteiger partial charge in [0, 0.05) is 5.69 Å². The van der Waals surface area contributed by atoms with Crippen molar-refractivity contribution in [1.29, 1.82) is 0 Å². The van der Waals surface area contributed by atoms with Crippen molar-refractivity contribution in [3.05, 3.63) is 54.0 Å². The van der Waals surface area contributed by atoms with Crippen molar-refractivity contribution in [1.82, 2.24) is 5.32 Å². The first kappa shape index (κ1) is 16.6. The van der Waals surface area contributed by atoms with Crippen LogP contribution in [-0.2, 0) is 11.2 Å². The summed E-state index contributed by atoms with van der Waals surface area (Å²) < 4.78 is 40.9. The van der Waals surface area contributed by atoms with E-state index in [1.54, 1.807) is 35.6 Å². The van der Waals surface area contributed by atoms with Crippen LogP contribution in [0.3, 0.4) is 0 Å². The molecule has 0 radical (unpaired) electrons. The molecule has 23 heavy (non-hydrogen) atoms. The van der Waals surface area contributed by atoms with Crippen LogP contribution in [0.5, 0.6) is 0 Å². The Morgan fingerprint density at radius 3 is 2.35 bits per heavy atom. The van der Waals surface area contributed by atoms with E-state index in [-0.39, 0.29) is 12.2 Å². The van der Waals surface area contributed by atoms with Crippen molar-refractivity contribution < 1.29 is 27.2 Å². The van der Waals surface area contributed by atoms with Gasteiger partial charge < -0.3 is 15.1 Å². The van der Waals surface area contributed by atoms with Crippen LogP contribution in [0.2, 0.25) is 0 Å². The van der Waals surface area contributed by atoms with E-state index in [4.69, 9.17) is 4.42 Å². The zero-order valence-electron chi connectivity index (χ0n) is 11.8. The van der Waals surface area contributed by atoms with Gasteiger partial charge in [-0.25, -0.2) is 0 Å². The van der Waals surface area contributed by atoms with Crippen molar-refractivity contribution >= 4 is 17.5 Å². The monoisotopic (exact) mass is 326 g/mol. The SMILES string of the molecule is O=C(Cc1ccc(NC(=O)c2ccco2)cc1)NCC(F)(F)F. The lowest BCUT2D eigenvalue weighted by molar-refractivity contribution is -0.138. The van der Waals surface area contributed by atoms with Crippen molar-refractivity contribution in [2.24, 2.45) is 0 Å².